The van der Waals surface area contributed by atoms with Gasteiger partial charge in [-0.05, 0) is 55.5 Å². The van der Waals surface area contributed by atoms with Gasteiger partial charge < -0.3 is 15.5 Å². The first-order chi connectivity index (χ1) is 13.7. The van der Waals surface area contributed by atoms with Crippen molar-refractivity contribution in [1.29, 1.82) is 0 Å². The summed E-state index contributed by atoms with van der Waals surface area (Å²) >= 11 is 0. The number of nitrogens with zero attached hydrogens (tertiary/aromatic N) is 1. The van der Waals surface area contributed by atoms with Crippen molar-refractivity contribution in [2.75, 3.05) is 23.7 Å². The number of amides is 3. The number of carbonyl (C=O) groups is 2. The van der Waals surface area contributed by atoms with E-state index in [0.29, 0.717) is 13.1 Å². The minimum atomic E-state index is -0.185. The third-order valence-corrected chi connectivity index (χ3v) is 5.14. The molecule has 1 aliphatic heterocycles. The van der Waals surface area contributed by atoms with E-state index in [4.69, 9.17) is 0 Å². The fourth-order valence-corrected chi connectivity index (χ4v) is 3.48. The summed E-state index contributed by atoms with van der Waals surface area (Å²) in [6.07, 6.45) is 5.05. The topological polar surface area (TPSA) is 61.4 Å². The molecule has 3 rings (SSSR count). The van der Waals surface area contributed by atoms with Crippen LogP contribution in [0.2, 0.25) is 0 Å². The zero-order valence-electron chi connectivity index (χ0n) is 16.5. The molecule has 1 atom stereocenters. The minimum Gasteiger partial charge on any atom is -0.326 e. The average molecular weight is 380 g/mol. The number of benzene rings is 2. The molecule has 0 unspecified atom stereocenters. The van der Waals surface area contributed by atoms with E-state index in [-0.39, 0.29) is 17.9 Å². The molecule has 5 nitrogen and oxygen atoms in total. The van der Waals surface area contributed by atoms with Crippen LogP contribution in [0, 0.1) is 5.92 Å². The smallest absolute Gasteiger partial charge is 0.321 e. The maximum absolute atomic E-state index is 12.7. The lowest BCUT2D eigenvalue weighted by Crippen LogP contribution is -2.45. The van der Waals surface area contributed by atoms with Crippen LogP contribution in [0.1, 0.15) is 38.2 Å². The Morgan fingerprint density at radius 1 is 1.00 bits per heavy atom. The molecule has 28 heavy (non-hydrogen) atoms. The van der Waals surface area contributed by atoms with E-state index in [1.165, 1.54) is 18.4 Å². The number of rotatable bonds is 6. The van der Waals surface area contributed by atoms with Crippen LogP contribution in [0.4, 0.5) is 16.2 Å². The second-order valence-electron chi connectivity index (χ2n) is 7.37. The van der Waals surface area contributed by atoms with Crippen LogP contribution >= 0.6 is 0 Å². The number of nitrogens with one attached hydrogen (secondary N) is 2. The van der Waals surface area contributed by atoms with Crippen molar-refractivity contribution in [3.05, 3.63) is 60.2 Å². The monoisotopic (exact) mass is 379 g/mol. The van der Waals surface area contributed by atoms with Crippen LogP contribution in [0.5, 0.6) is 0 Å². The van der Waals surface area contributed by atoms with Crippen molar-refractivity contribution in [3.63, 3.8) is 0 Å². The van der Waals surface area contributed by atoms with Gasteiger partial charge >= 0.3 is 6.03 Å². The van der Waals surface area contributed by atoms with E-state index in [2.05, 4.69) is 29.7 Å². The van der Waals surface area contributed by atoms with E-state index in [9.17, 15) is 9.59 Å². The fraction of sp³-hybridized carbons (Fsp3) is 0.391. The Labute approximate surface area is 167 Å². The highest BCUT2D eigenvalue weighted by Gasteiger charge is 2.28. The second-order valence-corrected chi connectivity index (χ2v) is 7.37. The summed E-state index contributed by atoms with van der Waals surface area (Å²) in [6.45, 7) is 3.30. The number of piperidine rings is 1. The number of hydrogen-bond donors (Lipinski definition) is 2. The first kappa shape index (κ1) is 19.9. The molecule has 1 fully saturated rings. The Hall–Kier alpha value is -2.82. The Morgan fingerprint density at radius 3 is 2.43 bits per heavy atom. The molecule has 3 amide bonds. The third kappa shape index (κ3) is 5.59. The van der Waals surface area contributed by atoms with E-state index < -0.39 is 0 Å². The molecule has 2 aromatic rings. The summed E-state index contributed by atoms with van der Waals surface area (Å²) in [6, 6.07) is 17.3. The van der Waals surface area contributed by atoms with Gasteiger partial charge in [0.25, 0.3) is 0 Å². The summed E-state index contributed by atoms with van der Waals surface area (Å²) in [7, 11) is 0. The van der Waals surface area contributed by atoms with Crippen LogP contribution < -0.4 is 10.6 Å². The Balaban J connectivity index is 1.53. The third-order valence-electron chi connectivity index (χ3n) is 5.14. The molecule has 0 radical (unpaired) electrons. The van der Waals surface area contributed by atoms with E-state index >= 15 is 0 Å². The first-order valence-corrected chi connectivity index (χ1v) is 10.2. The van der Waals surface area contributed by atoms with Crippen molar-refractivity contribution in [3.8, 4) is 0 Å². The van der Waals surface area contributed by atoms with Crippen LogP contribution in [-0.2, 0) is 11.2 Å². The van der Waals surface area contributed by atoms with Crippen LogP contribution in [0.25, 0.3) is 0 Å². The van der Waals surface area contributed by atoms with Crippen LogP contribution in [0.3, 0.4) is 0 Å². The van der Waals surface area contributed by atoms with Gasteiger partial charge in [-0.15, -0.1) is 0 Å². The molecule has 1 saturated heterocycles. The highest BCUT2D eigenvalue weighted by atomic mass is 16.2. The summed E-state index contributed by atoms with van der Waals surface area (Å²) in [4.78, 5) is 26.9. The lowest BCUT2D eigenvalue weighted by atomic mass is 9.97. The average Bonchev–Trinajstić information content (AvgIpc) is 2.74. The molecule has 0 aliphatic carbocycles. The van der Waals surface area contributed by atoms with Gasteiger partial charge in [0.2, 0.25) is 5.91 Å². The van der Waals surface area contributed by atoms with Gasteiger partial charge in [0.1, 0.15) is 0 Å². The Morgan fingerprint density at radius 2 is 1.71 bits per heavy atom. The standard InChI is InChI=1S/C23H29N3O2/c1-2-3-8-18-12-14-21(15-13-18)24-22(27)19-9-7-16-26(17-19)23(28)25-20-10-5-4-6-11-20/h4-6,10-15,19H,2-3,7-9,16-17H2,1H3,(H,24,27)(H,25,28)/t19-/m1/s1. The number of carbonyl (C=O) groups excluding carboxylic acids is 2. The maximum atomic E-state index is 12.7. The van der Waals surface area contributed by atoms with Crippen molar-refractivity contribution < 1.29 is 9.59 Å². The highest BCUT2D eigenvalue weighted by molar-refractivity contribution is 5.94. The molecule has 1 aliphatic rings. The maximum Gasteiger partial charge on any atom is 0.321 e. The zero-order valence-corrected chi connectivity index (χ0v) is 16.5. The lowest BCUT2D eigenvalue weighted by Gasteiger charge is -2.32. The van der Waals surface area contributed by atoms with Gasteiger partial charge in [0, 0.05) is 24.5 Å². The normalized spacial score (nSPS) is 16.5. The highest BCUT2D eigenvalue weighted by Crippen LogP contribution is 2.20. The molecule has 0 saturated carbocycles. The predicted octanol–water partition coefficient (Wildman–Crippen LogP) is 4.91. The SMILES string of the molecule is CCCCc1ccc(NC(=O)[C@@H]2CCCN(C(=O)Nc3ccccc3)C2)cc1. The van der Waals surface area contributed by atoms with Gasteiger partial charge in [0.15, 0.2) is 0 Å². The van der Waals surface area contributed by atoms with E-state index in [0.717, 1.165) is 30.6 Å². The van der Waals surface area contributed by atoms with Gasteiger partial charge in [0.05, 0.1) is 5.92 Å². The Bertz CT molecular complexity index is 774. The van der Waals surface area contributed by atoms with Crippen molar-refractivity contribution in [1.82, 2.24) is 4.90 Å². The largest absolute Gasteiger partial charge is 0.326 e. The van der Waals surface area contributed by atoms with Gasteiger partial charge in [-0.2, -0.15) is 0 Å². The number of hydrogen-bond acceptors (Lipinski definition) is 2. The lowest BCUT2D eigenvalue weighted by molar-refractivity contribution is -0.121. The number of aryl methyl sites for hydroxylation is 1. The summed E-state index contributed by atoms with van der Waals surface area (Å²) in [5, 5.41) is 5.91. The van der Waals surface area contributed by atoms with Crippen molar-refractivity contribution >= 4 is 23.3 Å². The number of urea groups is 1. The zero-order chi connectivity index (χ0) is 19.8. The van der Waals surface area contributed by atoms with Crippen molar-refractivity contribution in [2.45, 2.75) is 39.0 Å². The molecule has 148 valence electrons. The summed E-state index contributed by atoms with van der Waals surface area (Å²) in [5.74, 6) is -0.200. The molecule has 2 N–H and O–H groups in total. The number of likely N-dealkylation sites (tertiary alicyclic amines) is 1. The summed E-state index contributed by atoms with van der Waals surface area (Å²) in [5.41, 5.74) is 2.87. The van der Waals surface area contributed by atoms with Gasteiger partial charge in [-0.25, -0.2) is 4.79 Å². The van der Waals surface area contributed by atoms with Crippen LogP contribution in [-0.4, -0.2) is 29.9 Å². The summed E-state index contributed by atoms with van der Waals surface area (Å²) < 4.78 is 0. The minimum absolute atomic E-state index is 0.0153. The molecule has 0 aromatic heterocycles. The molecule has 1 heterocycles. The molecular weight excluding hydrogens is 350 g/mol. The van der Waals surface area contributed by atoms with Crippen molar-refractivity contribution in [2.24, 2.45) is 5.92 Å². The Kier molecular flexibility index (Phi) is 7.06. The molecule has 2 aromatic carbocycles. The number of para-hydroxylation sites is 1. The number of unbranched alkanes of at least 4 members (excludes halogenated alkanes) is 1. The first-order valence-electron chi connectivity index (χ1n) is 10.2. The molecular formula is C23H29N3O2. The molecule has 0 bridgehead atoms. The second kappa shape index (κ2) is 9.93. The number of anilines is 2. The molecule has 5 heteroatoms. The quantitative estimate of drug-likeness (QED) is 0.749. The van der Waals surface area contributed by atoms with E-state index in [1.54, 1.807) is 4.90 Å². The fourth-order valence-electron chi connectivity index (χ4n) is 3.48. The predicted molar refractivity (Wildman–Crippen MR) is 113 cm³/mol. The van der Waals surface area contributed by atoms with Gasteiger partial charge in [-0.3, -0.25) is 4.79 Å². The van der Waals surface area contributed by atoms with E-state index in [1.807, 2.05) is 42.5 Å². The van der Waals surface area contributed by atoms with Gasteiger partial charge in [-0.1, -0.05) is 43.7 Å². The molecule has 0 spiro atoms. The van der Waals surface area contributed by atoms with Crippen LogP contribution in [0.15, 0.2) is 54.6 Å².